The Hall–Kier alpha value is -2.82. The van der Waals surface area contributed by atoms with Crippen LogP contribution in [0, 0.1) is 10.5 Å². The zero-order chi connectivity index (χ0) is 25.8. The Kier molecular flexibility index (Phi) is 8.38. The third-order valence-electron chi connectivity index (χ3n) is 5.21. The van der Waals surface area contributed by atoms with Crippen molar-refractivity contribution in [3.8, 4) is 11.5 Å². The van der Waals surface area contributed by atoms with Gasteiger partial charge in [-0.2, -0.15) is 0 Å². The van der Waals surface area contributed by atoms with Crippen LogP contribution in [-0.4, -0.2) is 28.6 Å². The number of thioether (sulfide) groups is 1. The van der Waals surface area contributed by atoms with Gasteiger partial charge in [0.2, 0.25) is 0 Å². The molecule has 1 saturated heterocycles. The molecule has 0 aromatic heterocycles. The molecule has 0 spiro atoms. The van der Waals surface area contributed by atoms with E-state index < -0.39 is 5.97 Å². The molecule has 1 heterocycles. The molecule has 9 heteroatoms. The van der Waals surface area contributed by atoms with Crippen LogP contribution in [0.4, 0.5) is 4.79 Å². The topological polar surface area (TPSA) is 72.9 Å². The summed E-state index contributed by atoms with van der Waals surface area (Å²) in [7, 11) is 0. The molecule has 0 aliphatic carbocycles. The van der Waals surface area contributed by atoms with E-state index in [0.717, 1.165) is 22.9 Å². The monoisotopic (exact) mass is 633 g/mol. The van der Waals surface area contributed by atoms with Crippen LogP contribution in [0.3, 0.4) is 0 Å². The Labute approximate surface area is 231 Å². The van der Waals surface area contributed by atoms with Crippen molar-refractivity contribution < 1.29 is 23.9 Å². The summed E-state index contributed by atoms with van der Waals surface area (Å²) in [6, 6.07) is 17.8. The van der Waals surface area contributed by atoms with Crippen molar-refractivity contribution in [3.05, 3.63) is 96.4 Å². The molecule has 2 amide bonds. The SMILES string of the molecule is CCOc1cc(/C=C2\SC(=O)N(Cc3cccc(C)c3)C2=O)cc(I)c1OC(=O)c1ccccc1Cl. The smallest absolute Gasteiger partial charge is 0.345 e. The van der Waals surface area contributed by atoms with Crippen LogP contribution in [0.25, 0.3) is 6.08 Å². The number of aryl methyl sites for hydroxylation is 1. The molecule has 0 radical (unpaired) electrons. The van der Waals surface area contributed by atoms with Crippen molar-refractivity contribution in [2.45, 2.75) is 20.4 Å². The molecule has 4 rings (SSSR count). The van der Waals surface area contributed by atoms with Crippen molar-refractivity contribution in [3.63, 3.8) is 0 Å². The van der Waals surface area contributed by atoms with Crippen LogP contribution in [0.5, 0.6) is 11.5 Å². The minimum absolute atomic E-state index is 0.211. The van der Waals surface area contributed by atoms with E-state index in [1.54, 1.807) is 42.5 Å². The predicted molar refractivity (Wildman–Crippen MR) is 149 cm³/mol. The highest BCUT2D eigenvalue weighted by Crippen LogP contribution is 2.38. The zero-order valence-corrected chi connectivity index (χ0v) is 23.1. The molecular formula is C27H21ClINO5S. The third kappa shape index (κ3) is 5.93. The second-order valence-electron chi connectivity index (χ2n) is 7.89. The Morgan fingerprint density at radius 3 is 2.61 bits per heavy atom. The number of rotatable bonds is 7. The van der Waals surface area contributed by atoms with E-state index in [1.807, 2.05) is 60.7 Å². The van der Waals surface area contributed by atoms with E-state index in [2.05, 4.69) is 0 Å². The molecule has 6 nitrogen and oxygen atoms in total. The maximum absolute atomic E-state index is 13.0. The first-order chi connectivity index (χ1) is 17.3. The maximum atomic E-state index is 13.0. The maximum Gasteiger partial charge on any atom is 0.345 e. The van der Waals surface area contributed by atoms with Crippen molar-refractivity contribution in [1.29, 1.82) is 0 Å². The summed E-state index contributed by atoms with van der Waals surface area (Å²) in [6.07, 6.45) is 1.64. The highest BCUT2D eigenvalue weighted by molar-refractivity contribution is 14.1. The van der Waals surface area contributed by atoms with Gasteiger partial charge in [0.25, 0.3) is 11.1 Å². The number of ether oxygens (including phenoxy) is 2. The second-order valence-corrected chi connectivity index (χ2v) is 10.5. The summed E-state index contributed by atoms with van der Waals surface area (Å²) in [5.74, 6) is -0.361. The van der Waals surface area contributed by atoms with E-state index in [1.165, 1.54) is 4.90 Å². The second kappa shape index (κ2) is 11.5. The van der Waals surface area contributed by atoms with Crippen molar-refractivity contribution in [1.82, 2.24) is 4.90 Å². The van der Waals surface area contributed by atoms with Gasteiger partial charge >= 0.3 is 5.97 Å². The van der Waals surface area contributed by atoms with Crippen LogP contribution in [0.15, 0.2) is 65.6 Å². The molecule has 0 atom stereocenters. The van der Waals surface area contributed by atoms with Gasteiger partial charge in [-0.15, -0.1) is 0 Å². The van der Waals surface area contributed by atoms with Gasteiger partial charge in [0, 0.05) is 0 Å². The summed E-state index contributed by atoms with van der Waals surface area (Å²) < 4.78 is 12.0. The Balaban J connectivity index is 1.60. The minimum Gasteiger partial charge on any atom is -0.490 e. The number of carbonyl (C=O) groups is 3. The van der Waals surface area contributed by atoms with Gasteiger partial charge in [0.1, 0.15) is 0 Å². The van der Waals surface area contributed by atoms with Crippen LogP contribution in [0.1, 0.15) is 34.0 Å². The van der Waals surface area contributed by atoms with Gasteiger partial charge in [-0.3, -0.25) is 14.5 Å². The van der Waals surface area contributed by atoms with Gasteiger partial charge in [0.15, 0.2) is 11.5 Å². The molecule has 3 aromatic rings. The van der Waals surface area contributed by atoms with E-state index in [4.69, 9.17) is 21.1 Å². The Bertz CT molecular complexity index is 1390. The van der Waals surface area contributed by atoms with E-state index in [9.17, 15) is 14.4 Å². The number of hydrogen-bond donors (Lipinski definition) is 0. The van der Waals surface area contributed by atoms with Gasteiger partial charge in [-0.05, 0) is 89.7 Å². The molecule has 1 fully saturated rings. The number of hydrogen-bond acceptors (Lipinski definition) is 6. The van der Waals surface area contributed by atoms with Crippen molar-refractivity contribution in [2.75, 3.05) is 6.61 Å². The molecule has 1 aliphatic rings. The van der Waals surface area contributed by atoms with Crippen LogP contribution >= 0.6 is 46.0 Å². The molecule has 3 aromatic carbocycles. The lowest BCUT2D eigenvalue weighted by Crippen LogP contribution is -2.27. The first-order valence-corrected chi connectivity index (χ1v) is 13.3. The van der Waals surface area contributed by atoms with Gasteiger partial charge in [0.05, 0.1) is 32.2 Å². The van der Waals surface area contributed by atoms with Gasteiger partial charge in [-0.1, -0.05) is 53.6 Å². The van der Waals surface area contributed by atoms with E-state index in [0.29, 0.717) is 26.4 Å². The summed E-state index contributed by atoms with van der Waals surface area (Å²) in [5.41, 5.74) is 2.82. The number of halogens is 2. The molecule has 0 N–H and O–H groups in total. The fourth-order valence-electron chi connectivity index (χ4n) is 3.59. The average molecular weight is 634 g/mol. The summed E-state index contributed by atoms with van der Waals surface area (Å²) in [4.78, 5) is 39.9. The Morgan fingerprint density at radius 2 is 1.89 bits per heavy atom. The Morgan fingerprint density at radius 1 is 1.11 bits per heavy atom. The molecule has 0 saturated carbocycles. The largest absolute Gasteiger partial charge is 0.490 e. The van der Waals surface area contributed by atoms with Crippen molar-refractivity contribution in [2.24, 2.45) is 0 Å². The molecule has 0 bridgehead atoms. The number of amides is 2. The molecule has 0 unspecified atom stereocenters. The molecule has 1 aliphatic heterocycles. The summed E-state index contributed by atoms with van der Waals surface area (Å²) in [6.45, 7) is 4.32. The average Bonchev–Trinajstić information content (AvgIpc) is 3.09. The zero-order valence-electron chi connectivity index (χ0n) is 19.4. The molecule has 184 valence electrons. The predicted octanol–water partition coefficient (Wildman–Crippen LogP) is 7.11. The number of imide groups is 1. The fraction of sp³-hybridized carbons (Fsp3) is 0.148. The van der Waals surface area contributed by atoms with E-state index >= 15 is 0 Å². The first-order valence-electron chi connectivity index (χ1n) is 11.0. The van der Waals surface area contributed by atoms with Crippen LogP contribution < -0.4 is 9.47 Å². The lowest BCUT2D eigenvalue weighted by Gasteiger charge is -2.14. The fourth-order valence-corrected chi connectivity index (χ4v) is 5.38. The summed E-state index contributed by atoms with van der Waals surface area (Å²) in [5, 5.41) is -0.0359. The lowest BCUT2D eigenvalue weighted by atomic mass is 10.1. The number of carbonyl (C=O) groups excluding carboxylic acids is 3. The highest BCUT2D eigenvalue weighted by atomic mass is 127. The number of benzene rings is 3. The van der Waals surface area contributed by atoms with Gasteiger partial charge < -0.3 is 9.47 Å². The molecule has 36 heavy (non-hydrogen) atoms. The van der Waals surface area contributed by atoms with E-state index in [-0.39, 0.29) is 34.0 Å². The number of esters is 1. The first kappa shape index (κ1) is 26.2. The van der Waals surface area contributed by atoms with Crippen molar-refractivity contribution >= 4 is 69.1 Å². The van der Waals surface area contributed by atoms with Gasteiger partial charge in [-0.25, -0.2) is 4.79 Å². The van der Waals surface area contributed by atoms with Crippen LogP contribution in [-0.2, 0) is 11.3 Å². The number of nitrogens with zero attached hydrogens (tertiary/aromatic N) is 1. The highest BCUT2D eigenvalue weighted by Gasteiger charge is 2.35. The standard InChI is InChI=1S/C27H21ClINO5S/c1-3-34-22-13-18(12-21(29)24(22)35-26(32)19-9-4-5-10-20(19)28)14-23-25(31)30(27(33)36-23)15-17-8-6-7-16(2)11-17/h4-14H,3,15H2,1-2H3/b23-14-. The lowest BCUT2D eigenvalue weighted by molar-refractivity contribution is -0.123. The normalized spacial score (nSPS) is 14.4. The molecular weight excluding hydrogens is 613 g/mol. The third-order valence-corrected chi connectivity index (χ3v) is 7.25. The van der Waals surface area contributed by atoms with Crippen LogP contribution in [0.2, 0.25) is 5.02 Å². The summed E-state index contributed by atoms with van der Waals surface area (Å²) >= 11 is 9.07. The minimum atomic E-state index is -0.607. The quantitative estimate of drug-likeness (QED) is 0.120.